The Morgan fingerprint density at radius 2 is 1.25 bits per heavy atom. The van der Waals surface area contributed by atoms with Gasteiger partial charge in [0.15, 0.2) is 11.0 Å². The van der Waals surface area contributed by atoms with Gasteiger partial charge < -0.3 is 8.98 Å². The lowest BCUT2D eigenvalue weighted by Gasteiger charge is -2.11. The van der Waals surface area contributed by atoms with Crippen LogP contribution < -0.4 is 5.43 Å². The van der Waals surface area contributed by atoms with Crippen LogP contribution in [0.1, 0.15) is 0 Å². The van der Waals surface area contributed by atoms with Crippen LogP contribution in [0.25, 0.3) is 97.2 Å². The van der Waals surface area contributed by atoms with Crippen molar-refractivity contribution in [2.45, 2.75) is 0 Å². The van der Waals surface area contributed by atoms with Crippen molar-refractivity contribution in [3.05, 3.63) is 144 Å². The van der Waals surface area contributed by atoms with Crippen molar-refractivity contribution in [3.8, 4) is 11.5 Å². The van der Waals surface area contributed by atoms with Crippen LogP contribution in [0.15, 0.2) is 143 Å². The van der Waals surface area contributed by atoms with Crippen molar-refractivity contribution in [1.29, 1.82) is 0 Å². The average molecular weight is 635 g/mol. The number of hydrogen-bond acceptors (Lipinski definition) is 5. The fourth-order valence-corrected chi connectivity index (χ4v) is 8.68. The van der Waals surface area contributed by atoms with Gasteiger partial charge >= 0.3 is 0 Å². The molecule has 0 saturated heterocycles. The molecular formula is C41H22N4O2S. The molecule has 224 valence electrons. The van der Waals surface area contributed by atoms with Gasteiger partial charge in [0.1, 0.15) is 11.4 Å². The number of para-hydroxylation sites is 4. The first-order chi connectivity index (χ1) is 23.8. The fourth-order valence-electron chi connectivity index (χ4n) is 7.69. The third kappa shape index (κ3) is 3.27. The molecule has 0 radical (unpaired) electrons. The van der Waals surface area contributed by atoms with Crippen molar-refractivity contribution in [2.75, 3.05) is 0 Å². The van der Waals surface area contributed by atoms with Crippen LogP contribution in [-0.4, -0.2) is 19.1 Å². The van der Waals surface area contributed by atoms with Crippen LogP contribution in [0.2, 0.25) is 0 Å². The fraction of sp³-hybridized carbons (Fsp3) is 0. The molecule has 6 aromatic heterocycles. The number of benzene rings is 5. The molecule has 0 unspecified atom stereocenters. The smallest absolute Gasteiger partial charge is 0.196 e. The predicted octanol–water partition coefficient (Wildman–Crippen LogP) is 10.3. The molecule has 0 aliphatic carbocycles. The molecule has 0 amide bonds. The van der Waals surface area contributed by atoms with Crippen molar-refractivity contribution >= 4 is 97.1 Å². The molecule has 48 heavy (non-hydrogen) atoms. The van der Waals surface area contributed by atoms with E-state index in [1.807, 2.05) is 24.4 Å². The minimum absolute atomic E-state index is 0.0206. The minimum atomic E-state index is -0.0206. The van der Waals surface area contributed by atoms with E-state index in [1.165, 1.54) is 11.3 Å². The van der Waals surface area contributed by atoms with E-state index in [9.17, 15) is 4.79 Å². The zero-order valence-electron chi connectivity index (χ0n) is 25.2. The summed E-state index contributed by atoms with van der Waals surface area (Å²) >= 11 is 1.53. The first-order valence-corrected chi connectivity index (χ1v) is 16.6. The van der Waals surface area contributed by atoms with Crippen LogP contribution in [0.5, 0.6) is 0 Å². The summed E-state index contributed by atoms with van der Waals surface area (Å²) in [5, 5.41) is 7.89. The van der Waals surface area contributed by atoms with E-state index < -0.39 is 0 Å². The molecule has 0 atom stereocenters. The van der Waals surface area contributed by atoms with E-state index in [0.29, 0.717) is 16.6 Å². The molecule has 0 N–H and O–H groups in total. The van der Waals surface area contributed by atoms with Gasteiger partial charge in [0.05, 0.1) is 36.9 Å². The second-order valence-electron chi connectivity index (χ2n) is 12.1. The summed E-state index contributed by atoms with van der Waals surface area (Å²) in [6.07, 6.45) is 5.24. The van der Waals surface area contributed by atoms with Crippen LogP contribution in [0.3, 0.4) is 0 Å². The maximum Gasteiger partial charge on any atom is 0.196 e. The summed E-state index contributed by atoms with van der Waals surface area (Å²) < 4.78 is 13.1. The minimum Gasteiger partial charge on any atom is -0.454 e. The number of hydrogen-bond donors (Lipinski definition) is 0. The summed E-state index contributed by atoms with van der Waals surface area (Å²) in [5.41, 5.74) is 6.81. The summed E-state index contributed by atoms with van der Waals surface area (Å²) in [6, 6.07) is 39.6. The van der Waals surface area contributed by atoms with Crippen LogP contribution >= 0.6 is 11.3 Å². The molecule has 0 spiro atoms. The van der Waals surface area contributed by atoms with Crippen LogP contribution in [0.4, 0.5) is 0 Å². The Balaban J connectivity index is 1.41. The van der Waals surface area contributed by atoms with Gasteiger partial charge in [-0.05, 0) is 42.5 Å². The molecule has 0 saturated carbocycles. The molecule has 7 heteroatoms. The largest absolute Gasteiger partial charge is 0.454 e. The molecule has 0 fully saturated rings. The van der Waals surface area contributed by atoms with Gasteiger partial charge in [0.2, 0.25) is 0 Å². The highest BCUT2D eigenvalue weighted by Crippen LogP contribution is 2.49. The molecule has 0 aliphatic heterocycles. The Hall–Kier alpha value is -6.31. The Morgan fingerprint density at radius 1 is 0.583 bits per heavy atom. The summed E-state index contributed by atoms with van der Waals surface area (Å²) in [6.45, 7) is 0. The zero-order chi connectivity index (χ0) is 31.5. The van der Waals surface area contributed by atoms with Crippen molar-refractivity contribution in [1.82, 2.24) is 19.1 Å². The monoisotopic (exact) mass is 634 g/mol. The van der Waals surface area contributed by atoms with Gasteiger partial charge in [-0.1, -0.05) is 72.8 Å². The number of aromatic nitrogens is 4. The number of nitrogens with zero attached hydrogens (tertiary/aromatic N) is 4. The van der Waals surface area contributed by atoms with E-state index in [1.54, 1.807) is 18.5 Å². The van der Waals surface area contributed by atoms with Crippen LogP contribution in [-0.2, 0) is 0 Å². The van der Waals surface area contributed by atoms with Crippen molar-refractivity contribution < 1.29 is 4.42 Å². The van der Waals surface area contributed by atoms with Gasteiger partial charge in [-0.3, -0.25) is 14.3 Å². The van der Waals surface area contributed by atoms with E-state index in [4.69, 9.17) is 9.40 Å². The number of pyridine rings is 2. The second kappa shape index (κ2) is 9.37. The Labute approximate surface area is 275 Å². The highest BCUT2D eigenvalue weighted by atomic mass is 32.1. The van der Waals surface area contributed by atoms with E-state index in [0.717, 1.165) is 80.6 Å². The third-order valence-electron chi connectivity index (χ3n) is 9.64. The van der Waals surface area contributed by atoms with Crippen molar-refractivity contribution in [2.24, 2.45) is 0 Å². The molecular weight excluding hydrogens is 613 g/mol. The predicted molar refractivity (Wildman–Crippen MR) is 197 cm³/mol. The van der Waals surface area contributed by atoms with Gasteiger partial charge in [0, 0.05) is 62.0 Å². The molecule has 0 aliphatic rings. The normalized spacial score (nSPS) is 12.2. The maximum absolute atomic E-state index is 13.8. The highest BCUT2D eigenvalue weighted by molar-refractivity contribution is 7.24. The van der Waals surface area contributed by atoms with Gasteiger partial charge in [-0.2, -0.15) is 0 Å². The van der Waals surface area contributed by atoms with Crippen molar-refractivity contribution in [3.63, 3.8) is 0 Å². The van der Waals surface area contributed by atoms with Gasteiger partial charge in [0.25, 0.3) is 0 Å². The summed E-state index contributed by atoms with van der Waals surface area (Å²) in [4.78, 5) is 23.1. The van der Waals surface area contributed by atoms with Gasteiger partial charge in [-0.25, -0.2) is 4.98 Å². The topological polar surface area (TPSA) is 65.8 Å². The average Bonchev–Trinajstić information content (AvgIpc) is 3.80. The third-order valence-corrected chi connectivity index (χ3v) is 10.7. The molecule has 11 aromatic rings. The molecule has 6 heterocycles. The van der Waals surface area contributed by atoms with E-state index in [2.05, 4.69) is 105 Å². The molecule has 5 aromatic carbocycles. The standard InChI is InChI=1S/C41H22N4O2S/c46-40-27-18-19-42-21-32(27)48-33-22-43-34(20-28(33)40)45-30-16-8-5-13-25(30)36-35-24-12-4-7-15-29(24)44(23-10-2-1-3-11-23)38(35)37-26-14-6-9-17-31(26)47-41(37)39(36)45/h1-22H. The molecule has 6 nitrogen and oxygen atoms in total. The Kier molecular flexibility index (Phi) is 5.05. The molecule has 0 bridgehead atoms. The van der Waals surface area contributed by atoms with Crippen LogP contribution in [0, 0.1) is 0 Å². The lowest BCUT2D eigenvalue weighted by Crippen LogP contribution is -2.04. The highest BCUT2D eigenvalue weighted by Gasteiger charge is 2.28. The summed E-state index contributed by atoms with van der Waals surface area (Å²) in [5.74, 6) is 0.666. The van der Waals surface area contributed by atoms with Gasteiger partial charge in [-0.15, -0.1) is 11.3 Å². The maximum atomic E-state index is 13.8. The Morgan fingerprint density at radius 3 is 2.06 bits per heavy atom. The lowest BCUT2D eigenvalue weighted by atomic mass is 10.0. The van der Waals surface area contributed by atoms with E-state index >= 15 is 0 Å². The quantitative estimate of drug-likeness (QED) is 0.178. The number of furan rings is 1. The molecule has 11 rings (SSSR count). The Bertz CT molecular complexity index is 3200. The van der Waals surface area contributed by atoms with E-state index in [-0.39, 0.29) is 5.43 Å². The first kappa shape index (κ1) is 25.8. The number of fused-ring (bicyclic) bond motifs is 14. The lowest BCUT2D eigenvalue weighted by molar-refractivity contribution is 0.671. The first-order valence-electron chi connectivity index (χ1n) is 15.8. The number of rotatable bonds is 2. The zero-order valence-corrected chi connectivity index (χ0v) is 26.0. The summed E-state index contributed by atoms with van der Waals surface area (Å²) in [7, 11) is 0. The second-order valence-corrected chi connectivity index (χ2v) is 13.2. The SMILES string of the molecule is O=c1c2ccncc2sc2cnc(-n3c4ccccc4c4c5c6ccccc6n(-c6ccccc6)c5c5c6ccccc6oc5c43)cc12.